The zero-order valence-corrected chi connectivity index (χ0v) is 11.8. The molecule has 0 bridgehead atoms. The van der Waals surface area contributed by atoms with Gasteiger partial charge in [0.05, 0.1) is 6.42 Å². The number of carbonyl (C=O) groups is 1. The van der Waals surface area contributed by atoms with Crippen LogP contribution in [0.5, 0.6) is 0 Å². The number of carbonyl (C=O) groups excluding carboxylic acids is 1. The van der Waals surface area contributed by atoms with Gasteiger partial charge in [-0.25, -0.2) is 0 Å². The number of nitrogens with one attached hydrogen (secondary N) is 2. The van der Waals surface area contributed by atoms with Gasteiger partial charge in [0.15, 0.2) is 5.82 Å². The second-order valence-corrected chi connectivity index (χ2v) is 5.63. The van der Waals surface area contributed by atoms with Crippen LogP contribution in [0.4, 0.5) is 5.82 Å². The molecule has 1 amide bonds. The fourth-order valence-electron chi connectivity index (χ4n) is 1.93. The van der Waals surface area contributed by atoms with Gasteiger partial charge in [0.2, 0.25) is 5.91 Å². The zero-order valence-electron chi connectivity index (χ0n) is 10.2. The lowest BCUT2D eigenvalue weighted by molar-refractivity contribution is -0.115. The van der Waals surface area contributed by atoms with Crippen LogP contribution in [-0.4, -0.2) is 21.1 Å². The Labute approximate surface area is 119 Å². The fourth-order valence-corrected chi connectivity index (χ4v) is 2.34. The predicted octanol–water partition coefficient (Wildman–Crippen LogP) is 2.63. The Hall–Kier alpha value is -1.69. The van der Waals surface area contributed by atoms with Crippen LogP contribution in [-0.2, 0) is 11.2 Å². The Morgan fingerprint density at radius 1 is 1.42 bits per heavy atom. The van der Waals surface area contributed by atoms with Crippen LogP contribution in [0, 0.1) is 0 Å². The first-order chi connectivity index (χ1) is 9.20. The Morgan fingerprint density at radius 3 is 3.00 bits per heavy atom. The highest BCUT2D eigenvalue weighted by Crippen LogP contribution is 2.39. The molecule has 0 aliphatic heterocycles. The maximum atomic E-state index is 11.9. The van der Waals surface area contributed by atoms with Gasteiger partial charge in [-0.1, -0.05) is 0 Å². The number of hydrogen-bond donors (Lipinski definition) is 2. The second-order valence-electron chi connectivity index (χ2n) is 4.72. The zero-order chi connectivity index (χ0) is 13.2. The molecule has 1 aliphatic rings. The highest BCUT2D eigenvalue weighted by Gasteiger charge is 2.25. The van der Waals surface area contributed by atoms with Gasteiger partial charge < -0.3 is 5.32 Å². The molecule has 1 aliphatic carbocycles. The van der Waals surface area contributed by atoms with Crippen LogP contribution in [0.2, 0.25) is 0 Å². The summed E-state index contributed by atoms with van der Waals surface area (Å²) in [6.45, 7) is 0. The standard InChI is InChI=1S/C13H13BrN4O/c14-10-3-8(6-15-7-10)4-13(19)16-12-5-11(17-18-12)9-1-2-9/h3,5-7,9H,1-2,4H2,(H2,16,17,18,19). The number of hydrogen-bond acceptors (Lipinski definition) is 3. The molecular weight excluding hydrogens is 308 g/mol. The van der Waals surface area contributed by atoms with Crippen LogP contribution in [0.1, 0.15) is 30.0 Å². The molecule has 0 radical (unpaired) electrons. The molecule has 5 nitrogen and oxygen atoms in total. The summed E-state index contributed by atoms with van der Waals surface area (Å²) >= 11 is 3.33. The van der Waals surface area contributed by atoms with E-state index in [1.807, 2.05) is 12.1 Å². The monoisotopic (exact) mass is 320 g/mol. The van der Waals surface area contributed by atoms with E-state index in [1.54, 1.807) is 12.4 Å². The Bertz CT molecular complexity index is 606. The summed E-state index contributed by atoms with van der Waals surface area (Å²) < 4.78 is 0.869. The minimum absolute atomic E-state index is 0.0891. The number of pyridine rings is 1. The maximum Gasteiger partial charge on any atom is 0.230 e. The third kappa shape index (κ3) is 3.20. The van der Waals surface area contributed by atoms with E-state index >= 15 is 0 Å². The molecule has 2 heterocycles. The van der Waals surface area contributed by atoms with Crippen molar-refractivity contribution < 1.29 is 4.79 Å². The third-order valence-electron chi connectivity index (χ3n) is 3.01. The van der Waals surface area contributed by atoms with Crippen molar-refractivity contribution in [3.63, 3.8) is 0 Å². The number of rotatable bonds is 4. The van der Waals surface area contributed by atoms with Crippen LogP contribution in [0.3, 0.4) is 0 Å². The first-order valence-electron chi connectivity index (χ1n) is 6.15. The van der Waals surface area contributed by atoms with Crippen LogP contribution >= 0.6 is 15.9 Å². The van der Waals surface area contributed by atoms with Gasteiger partial charge in [-0.2, -0.15) is 5.10 Å². The van der Waals surface area contributed by atoms with Gasteiger partial charge in [0, 0.05) is 34.5 Å². The highest BCUT2D eigenvalue weighted by atomic mass is 79.9. The molecule has 19 heavy (non-hydrogen) atoms. The predicted molar refractivity (Wildman–Crippen MR) is 74.8 cm³/mol. The van der Waals surface area contributed by atoms with Crippen molar-refractivity contribution in [3.8, 4) is 0 Å². The van der Waals surface area contributed by atoms with Crippen LogP contribution < -0.4 is 5.32 Å². The van der Waals surface area contributed by atoms with E-state index in [0.29, 0.717) is 11.7 Å². The van der Waals surface area contributed by atoms with Gasteiger partial charge in [0.1, 0.15) is 0 Å². The number of amides is 1. The minimum atomic E-state index is -0.0891. The summed E-state index contributed by atoms with van der Waals surface area (Å²) in [6.07, 6.45) is 6.08. The minimum Gasteiger partial charge on any atom is -0.309 e. The van der Waals surface area contributed by atoms with E-state index < -0.39 is 0 Å². The number of halogens is 1. The van der Waals surface area contributed by atoms with Crippen molar-refractivity contribution in [2.45, 2.75) is 25.2 Å². The molecule has 2 aromatic heterocycles. The maximum absolute atomic E-state index is 11.9. The quantitative estimate of drug-likeness (QED) is 0.909. The molecule has 1 fully saturated rings. The summed E-state index contributed by atoms with van der Waals surface area (Å²) in [5, 5.41) is 9.84. The molecule has 0 atom stereocenters. The van der Waals surface area contributed by atoms with Gasteiger partial charge in [0.25, 0.3) is 0 Å². The fraction of sp³-hybridized carbons (Fsp3) is 0.308. The third-order valence-corrected chi connectivity index (χ3v) is 3.44. The number of anilines is 1. The Kier molecular flexibility index (Phi) is 3.33. The first kappa shape index (κ1) is 12.3. The first-order valence-corrected chi connectivity index (χ1v) is 6.94. The highest BCUT2D eigenvalue weighted by molar-refractivity contribution is 9.10. The largest absolute Gasteiger partial charge is 0.309 e. The van der Waals surface area contributed by atoms with Crippen LogP contribution in [0.15, 0.2) is 29.0 Å². The summed E-state index contributed by atoms with van der Waals surface area (Å²) in [5.74, 6) is 1.11. The van der Waals surface area contributed by atoms with E-state index in [9.17, 15) is 4.79 Å². The van der Waals surface area contributed by atoms with Gasteiger partial charge in [-0.15, -0.1) is 0 Å². The average molecular weight is 321 g/mol. The summed E-state index contributed by atoms with van der Waals surface area (Å²) in [6, 6.07) is 3.79. The topological polar surface area (TPSA) is 70.7 Å². The van der Waals surface area contributed by atoms with Crippen molar-refractivity contribution in [2.75, 3.05) is 5.32 Å². The average Bonchev–Trinajstić information content (AvgIpc) is 3.11. The Morgan fingerprint density at radius 2 is 2.26 bits per heavy atom. The molecule has 1 saturated carbocycles. The van der Waals surface area contributed by atoms with Gasteiger partial charge >= 0.3 is 0 Å². The van der Waals surface area contributed by atoms with Crippen LogP contribution in [0.25, 0.3) is 0 Å². The molecule has 0 unspecified atom stereocenters. The number of nitrogens with zero attached hydrogens (tertiary/aromatic N) is 2. The lowest BCUT2D eigenvalue weighted by atomic mass is 10.2. The summed E-state index contributed by atoms with van der Waals surface area (Å²) in [4.78, 5) is 15.9. The number of aromatic nitrogens is 3. The Balaban J connectivity index is 1.61. The van der Waals surface area contributed by atoms with Crippen molar-refractivity contribution >= 4 is 27.7 Å². The van der Waals surface area contributed by atoms with E-state index in [1.165, 1.54) is 12.8 Å². The summed E-state index contributed by atoms with van der Waals surface area (Å²) in [5.41, 5.74) is 1.98. The molecule has 0 saturated heterocycles. The molecule has 2 N–H and O–H groups in total. The molecule has 0 aromatic carbocycles. The second kappa shape index (κ2) is 5.13. The number of H-pyrrole nitrogens is 1. The van der Waals surface area contributed by atoms with E-state index in [0.717, 1.165) is 15.7 Å². The SMILES string of the molecule is O=C(Cc1cncc(Br)c1)Nc1cc(C2CC2)[nH]n1. The molecular formula is C13H13BrN4O. The van der Waals surface area contributed by atoms with Gasteiger partial charge in [-0.3, -0.25) is 14.9 Å². The number of aromatic amines is 1. The van der Waals surface area contributed by atoms with E-state index in [4.69, 9.17) is 0 Å². The van der Waals surface area contributed by atoms with Crippen molar-refractivity contribution in [2.24, 2.45) is 0 Å². The van der Waals surface area contributed by atoms with E-state index in [2.05, 4.69) is 36.4 Å². The lowest BCUT2D eigenvalue weighted by Crippen LogP contribution is -2.14. The van der Waals surface area contributed by atoms with Gasteiger partial charge in [-0.05, 0) is 40.4 Å². The smallest absolute Gasteiger partial charge is 0.230 e. The normalized spacial score (nSPS) is 14.4. The van der Waals surface area contributed by atoms with Crippen molar-refractivity contribution in [1.29, 1.82) is 0 Å². The molecule has 3 rings (SSSR count). The van der Waals surface area contributed by atoms with E-state index in [-0.39, 0.29) is 12.3 Å². The molecule has 2 aromatic rings. The molecule has 98 valence electrons. The molecule has 0 spiro atoms. The lowest BCUT2D eigenvalue weighted by Gasteiger charge is -2.02. The summed E-state index contributed by atoms with van der Waals surface area (Å²) in [7, 11) is 0. The van der Waals surface area contributed by atoms with Crippen molar-refractivity contribution in [3.05, 3.63) is 40.3 Å². The molecule has 6 heteroatoms. The van der Waals surface area contributed by atoms with Crippen molar-refractivity contribution in [1.82, 2.24) is 15.2 Å².